The molecule has 100 valence electrons. The predicted octanol–water partition coefficient (Wildman–Crippen LogP) is 1.43. The van der Waals surface area contributed by atoms with E-state index < -0.39 is 5.54 Å². The number of ether oxygens (including phenoxy) is 1. The molecule has 1 heterocycles. The zero-order valence-corrected chi connectivity index (χ0v) is 11.4. The van der Waals surface area contributed by atoms with Crippen molar-refractivity contribution in [1.29, 1.82) is 5.26 Å². The molecule has 0 radical (unpaired) electrons. The summed E-state index contributed by atoms with van der Waals surface area (Å²) in [5, 5.41) is 12.3. The van der Waals surface area contributed by atoms with E-state index in [1.165, 1.54) is 4.90 Å². The van der Waals surface area contributed by atoms with Crippen LogP contribution < -0.4 is 15.0 Å². The summed E-state index contributed by atoms with van der Waals surface area (Å²) in [6, 6.07) is 7.85. The second-order valence-corrected chi connectivity index (χ2v) is 5.02. The first-order valence-electron chi connectivity index (χ1n) is 6.14. The first kappa shape index (κ1) is 13.4. The molecule has 0 saturated carbocycles. The van der Waals surface area contributed by atoms with Crippen molar-refractivity contribution in [2.24, 2.45) is 0 Å². The van der Waals surface area contributed by atoms with Crippen molar-refractivity contribution in [2.45, 2.75) is 25.9 Å². The standard InChI is InChI=1S/C14H17N3O2/c1-14(2,9-15)17-11-6-10(7-16-3)4-5-12(11)19-8-13(17)18/h4-6,16H,7-8H2,1-3H3. The number of anilines is 1. The highest BCUT2D eigenvalue weighted by atomic mass is 16.5. The van der Waals surface area contributed by atoms with E-state index in [1.54, 1.807) is 13.8 Å². The zero-order valence-electron chi connectivity index (χ0n) is 11.4. The summed E-state index contributed by atoms with van der Waals surface area (Å²) in [6.07, 6.45) is 0. The third-order valence-corrected chi connectivity index (χ3v) is 3.08. The van der Waals surface area contributed by atoms with Gasteiger partial charge in [-0.25, -0.2) is 0 Å². The lowest BCUT2D eigenvalue weighted by atomic mass is 10.0. The number of hydrogen-bond acceptors (Lipinski definition) is 4. The van der Waals surface area contributed by atoms with Gasteiger partial charge in [0.05, 0.1) is 11.8 Å². The lowest BCUT2D eigenvalue weighted by molar-refractivity contribution is -0.122. The third kappa shape index (κ3) is 2.40. The van der Waals surface area contributed by atoms with Crippen molar-refractivity contribution in [2.75, 3.05) is 18.6 Å². The Balaban J connectivity index is 2.51. The van der Waals surface area contributed by atoms with Crippen LogP contribution >= 0.6 is 0 Å². The van der Waals surface area contributed by atoms with Gasteiger partial charge in [0.25, 0.3) is 5.91 Å². The minimum Gasteiger partial charge on any atom is -0.482 e. The van der Waals surface area contributed by atoms with Crippen molar-refractivity contribution in [3.63, 3.8) is 0 Å². The zero-order chi connectivity index (χ0) is 14.0. The molecule has 1 amide bonds. The summed E-state index contributed by atoms with van der Waals surface area (Å²) in [7, 11) is 1.86. The van der Waals surface area contributed by atoms with Gasteiger partial charge in [-0.05, 0) is 38.6 Å². The maximum absolute atomic E-state index is 12.1. The van der Waals surface area contributed by atoms with Gasteiger partial charge in [-0.1, -0.05) is 6.07 Å². The molecular formula is C14H17N3O2. The Morgan fingerprint density at radius 2 is 2.26 bits per heavy atom. The first-order chi connectivity index (χ1) is 8.99. The third-order valence-electron chi connectivity index (χ3n) is 3.08. The van der Waals surface area contributed by atoms with Crippen LogP contribution in [0.1, 0.15) is 19.4 Å². The fraction of sp³-hybridized carbons (Fsp3) is 0.429. The van der Waals surface area contributed by atoms with E-state index in [-0.39, 0.29) is 12.5 Å². The fourth-order valence-corrected chi connectivity index (χ4v) is 2.18. The molecule has 0 aromatic heterocycles. The maximum atomic E-state index is 12.1. The van der Waals surface area contributed by atoms with Crippen LogP contribution in [-0.2, 0) is 11.3 Å². The average Bonchev–Trinajstić information content (AvgIpc) is 2.38. The first-order valence-corrected chi connectivity index (χ1v) is 6.14. The highest BCUT2D eigenvalue weighted by molar-refractivity contribution is 5.99. The quantitative estimate of drug-likeness (QED) is 0.892. The van der Waals surface area contributed by atoms with E-state index in [9.17, 15) is 10.1 Å². The van der Waals surface area contributed by atoms with Gasteiger partial charge in [-0.3, -0.25) is 9.69 Å². The van der Waals surface area contributed by atoms with E-state index in [2.05, 4.69) is 11.4 Å². The summed E-state index contributed by atoms with van der Waals surface area (Å²) >= 11 is 0. The van der Waals surface area contributed by atoms with E-state index in [0.717, 1.165) is 5.56 Å². The Kier molecular flexibility index (Phi) is 3.45. The number of hydrogen-bond donors (Lipinski definition) is 1. The molecule has 0 aliphatic carbocycles. The molecule has 1 aromatic carbocycles. The molecule has 0 unspecified atom stereocenters. The topological polar surface area (TPSA) is 65.4 Å². The molecule has 2 rings (SSSR count). The average molecular weight is 259 g/mol. The number of carbonyl (C=O) groups excluding carboxylic acids is 1. The predicted molar refractivity (Wildman–Crippen MR) is 71.9 cm³/mol. The molecule has 5 heteroatoms. The minimum absolute atomic E-state index is 0.0243. The maximum Gasteiger partial charge on any atom is 0.266 e. The van der Waals surface area contributed by atoms with Crippen LogP contribution in [0, 0.1) is 11.3 Å². The normalized spacial score (nSPS) is 14.6. The van der Waals surface area contributed by atoms with Gasteiger partial charge < -0.3 is 10.1 Å². The molecule has 1 aromatic rings. The molecule has 0 fully saturated rings. The van der Waals surface area contributed by atoms with E-state index in [0.29, 0.717) is 18.0 Å². The number of rotatable bonds is 3. The lowest BCUT2D eigenvalue weighted by Gasteiger charge is -2.37. The molecule has 0 bridgehead atoms. The molecule has 1 N–H and O–H groups in total. The largest absolute Gasteiger partial charge is 0.482 e. The van der Waals surface area contributed by atoms with Gasteiger partial charge in [0.15, 0.2) is 6.61 Å². The highest BCUT2D eigenvalue weighted by Crippen LogP contribution is 2.37. The molecule has 0 spiro atoms. The molecule has 0 saturated heterocycles. The van der Waals surface area contributed by atoms with Crippen LogP contribution in [-0.4, -0.2) is 25.1 Å². The number of benzene rings is 1. The van der Waals surface area contributed by atoms with Gasteiger partial charge in [0.1, 0.15) is 11.3 Å². The Bertz CT molecular complexity index is 546. The highest BCUT2D eigenvalue weighted by Gasteiger charge is 2.37. The van der Waals surface area contributed by atoms with Gasteiger partial charge in [-0.15, -0.1) is 0 Å². The summed E-state index contributed by atoms with van der Waals surface area (Å²) < 4.78 is 5.42. The Morgan fingerprint density at radius 1 is 1.53 bits per heavy atom. The molecule has 5 nitrogen and oxygen atoms in total. The minimum atomic E-state index is -0.895. The van der Waals surface area contributed by atoms with Crippen molar-refractivity contribution in [3.8, 4) is 11.8 Å². The number of nitrogens with zero attached hydrogens (tertiary/aromatic N) is 2. The Hall–Kier alpha value is -2.06. The molecule has 0 atom stereocenters. The fourth-order valence-electron chi connectivity index (χ4n) is 2.18. The summed E-state index contributed by atoms with van der Waals surface area (Å²) in [5.74, 6) is 0.448. The monoisotopic (exact) mass is 259 g/mol. The van der Waals surface area contributed by atoms with Crippen LogP contribution in [0.25, 0.3) is 0 Å². The number of fused-ring (bicyclic) bond motifs is 1. The van der Waals surface area contributed by atoms with E-state index in [1.807, 2.05) is 25.2 Å². The summed E-state index contributed by atoms with van der Waals surface area (Å²) in [4.78, 5) is 13.6. The van der Waals surface area contributed by atoms with Crippen LogP contribution in [0.3, 0.4) is 0 Å². The van der Waals surface area contributed by atoms with Crippen molar-refractivity contribution >= 4 is 11.6 Å². The van der Waals surface area contributed by atoms with E-state index in [4.69, 9.17) is 4.74 Å². The molecule has 1 aliphatic heterocycles. The van der Waals surface area contributed by atoms with Crippen molar-refractivity contribution < 1.29 is 9.53 Å². The Morgan fingerprint density at radius 3 is 2.89 bits per heavy atom. The smallest absolute Gasteiger partial charge is 0.266 e. The second-order valence-electron chi connectivity index (χ2n) is 5.02. The van der Waals surface area contributed by atoms with Gasteiger partial charge in [0.2, 0.25) is 0 Å². The second kappa shape index (κ2) is 4.90. The summed E-state index contributed by atoms with van der Waals surface area (Å²) in [5.41, 5.74) is 0.808. The van der Waals surface area contributed by atoms with Crippen LogP contribution in [0.5, 0.6) is 5.75 Å². The van der Waals surface area contributed by atoms with Crippen LogP contribution in [0.4, 0.5) is 5.69 Å². The molecule has 1 aliphatic rings. The summed E-state index contributed by atoms with van der Waals surface area (Å²) in [6.45, 7) is 4.13. The van der Waals surface area contributed by atoms with Crippen LogP contribution in [0.15, 0.2) is 18.2 Å². The van der Waals surface area contributed by atoms with Gasteiger partial charge in [-0.2, -0.15) is 5.26 Å². The van der Waals surface area contributed by atoms with Crippen LogP contribution in [0.2, 0.25) is 0 Å². The molecular weight excluding hydrogens is 242 g/mol. The number of nitrogens with one attached hydrogen (secondary N) is 1. The number of nitriles is 1. The van der Waals surface area contributed by atoms with Crippen molar-refractivity contribution in [1.82, 2.24) is 5.32 Å². The lowest BCUT2D eigenvalue weighted by Crippen LogP contribution is -2.51. The SMILES string of the molecule is CNCc1ccc2c(c1)N(C(C)(C)C#N)C(=O)CO2. The van der Waals surface area contributed by atoms with Gasteiger partial charge >= 0.3 is 0 Å². The number of carbonyl (C=O) groups is 1. The molecule has 19 heavy (non-hydrogen) atoms. The van der Waals surface area contributed by atoms with Crippen molar-refractivity contribution in [3.05, 3.63) is 23.8 Å². The number of amides is 1. The van der Waals surface area contributed by atoms with Gasteiger partial charge in [0, 0.05) is 6.54 Å². The Labute approximate surface area is 112 Å². The van der Waals surface area contributed by atoms with E-state index >= 15 is 0 Å².